The summed E-state index contributed by atoms with van der Waals surface area (Å²) in [5.41, 5.74) is 0. The van der Waals surface area contributed by atoms with E-state index in [1.54, 1.807) is 17.6 Å². The van der Waals surface area contributed by atoms with Crippen molar-refractivity contribution in [2.24, 2.45) is 0 Å². The molecule has 0 radical (unpaired) electrons. The van der Waals surface area contributed by atoms with Gasteiger partial charge >= 0.3 is 0 Å². The molecule has 0 aliphatic heterocycles. The minimum Gasteiger partial charge on any atom is -0.466 e. The predicted octanol–water partition coefficient (Wildman–Crippen LogP) is 3.61. The first-order valence-corrected chi connectivity index (χ1v) is 6.41. The molecule has 2 heterocycles. The minimum atomic E-state index is 0.230. The third-order valence-corrected chi connectivity index (χ3v) is 3.85. The molecule has 4 heteroatoms. The van der Waals surface area contributed by atoms with E-state index in [0.29, 0.717) is 0 Å². The van der Waals surface area contributed by atoms with Crippen molar-refractivity contribution in [3.63, 3.8) is 0 Å². The smallest absolute Gasteiger partial charge is 0.135 e. The fourth-order valence-electron chi connectivity index (χ4n) is 1.51. The topological polar surface area (TPSA) is 25.2 Å². The lowest BCUT2D eigenvalue weighted by molar-refractivity contribution is 0.428. The van der Waals surface area contributed by atoms with Gasteiger partial charge in [0.15, 0.2) is 0 Å². The molecule has 15 heavy (non-hydrogen) atoms. The van der Waals surface area contributed by atoms with Crippen LogP contribution in [0.1, 0.15) is 16.7 Å². The summed E-state index contributed by atoms with van der Waals surface area (Å²) in [5.74, 6) is 0.964. The first kappa shape index (κ1) is 10.9. The number of likely N-dealkylation sites (N-methyl/N-ethyl adjacent to an activating group) is 1. The SMILES string of the molecule is CNC(Cc1cccs1)c1occc1Br. The van der Waals surface area contributed by atoms with Gasteiger partial charge in [-0.05, 0) is 40.5 Å². The van der Waals surface area contributed by atoms with Gasteiger partial charge in [-0.25, -0.2) is 0 Å². The highest BCUT2D eigenvalue weighted by molar-refractivity contribution is 9.10. The Hall–Kier alpha value is -0.580. The molecule has 0 amide bonds. The highest BCUT2D eigenvalue weighted by Gasteiger charge is 2.16. The van der Waals surface area contributed by atoms with Crippen molar-refractivity contribution in [1.29, 1.82) is 0 Å². The first-order valence-electron chi connectivity index (χ1n) is 4.74. The fraction of sp³-hybridized carbons (Fsp3) is 0.273. The number of thiophene rings is 1. The van der Waals surface area contributed by atoms with Crippen molar-refractivity contribution in [1.82, 2.24) is 5.32 Å². The minimum absolute atomic E-state index is 0.230. The van der Waals surface area contributed by atoms with E-state index < -0.39 is 0 Å². The molecule has 0 saturated heterocycles. The number of furan rings is 1. The van der Waals surface area contributed by atoms with Crippen LogP contribution in [0.25, 0.3) is 0 Å². The van der Waals surface area contributed by atoms with Crippen LogP contribution in [-0.2, 0) is 6.42 Å². The molecule has 0 fully saturated rings. The number of hydrogen-bond donors (Lipinski definition) is 1. The molecule has 80 valence electrons. The van der Waals surface area contributed by atoms with E-state index in [9.17, 15) is 0 Å². The van der Waals surface area contributed by atoms with E-state index >= 15 is 0 Å². The molecule has 1 N–H and O–H groups in total. The predicted molar refractivity (Wildman–Crippen MR) is 66.2 cm³/mol. The van der Waals surface area contributed by atoms with Crippen molar-refractivity contribution in [2.75, 3.05) is 7.05 Å². The van der Waals surface area contributed by atoms with Crippen molar-refractivity contribution in [2.45, 2.75) is 12.5 Å². The second-order valence-electron chi connectivity index (χ2n) is 3.26. The molecule has 0 aliphatic carbocycles. The van der Waals surface area contributed by atoms with Gasteiger partial charge in [0.25, 0.3) is 0 Å². The van der Waals surface area contributed by atoms with Crippen LogP contribution in [0, 0.1) is 0 Å². The van der Waals surface area contributed by atoms with E-state index in [1.807, 2.05) is 13.1 Å². The van der Waals surface area contributed by atoms with Gasteiger partial charge in [-0.2, -0.15) is 0 Å². The van der Waals surface area contributed by atoms with E-state index in [4.69, 9.17) is 4.42 Å². The standard InChI is InChI=1S/C11H12BrNOS/c1-13-10(7-8-3-2-6-15-8)11-9(12)4-5-14-11/h2-6,10,13H,7H2,1H3. The quantitative estimate of drug-likeness (QED) is 0.929. The Morgan fingerprint density at radius 3 is 2.93 bits per heavy atom. The van der Waals surface area contributed by atoms with Gasteiger partial charge in [-0.1, -0.05) is 6.07 Å². The lowest BCUT2D eigenvalue weighted by Gasteiger charge is -2.12. The molecule has 2 nitrogen and oxygen atoms in total. The normalized spacial score (nSPS) is 12.9. The fourth-order valence-corrected chi connectivity index (χ4v) is 2.74. The zero-order valence-corrected chi connectivity index (χ0v) is 10.8. The largest absolute Gasteiger partial charge is 0.466 e. The summed E-state index contributed by atoms with van der Waals surface area (Å²) < 4.78 is 6.49. The van der Waals surface area contributed by atoms with Gasteiger partial charge in [-0.3, -0.25) is 0 Å². The van der Waals surface area contributed by atoms with Crippen molar-refractivity contribution >= 4 is 27.3 Å². The highest BCUT2D eigenvalue weighted by atomic mass is 79.9. The number of rotatable bonds is 4. The van der Waals surface area contributed by atoms with Gasteiger partial charge in [0.05, 0.1) is 16.8 Å². The second kappa shape index (κ2) is 4.96. The van der Waals surface area contributed by atoms with Crippen molar-refractivity contribution in [3.05, 3.63) is 45.0 Å². The maximum atomic E-state index is 5.46. The zero-order chi connectivity index (χ0) is 10.7. The zero-order valence-electron chi connectivity index (χ0n) is 8.37. The van der Waals surface area contributed by atoms with Crippen LogP contribution in [0.5, 0.6) is 0 Å². The van der Waals surface area contributed by atoms with Gasteiger partial charge in [-0.15, -0.1) is 11.3 Å². The molecule has 0 aromatic carbocycles. The van der Waals surface area contributed by atoms with Crippen LogP contribution in [0.2, 0.25) is 0 Å². The summed E-state index contributed by atoms with van der Waals surface area (Å²) in [4.78, 5) is 1.36. The highest BCUT2D eigenvalue weighted by Crippen LogP contribution is 2.27. The van der Waals surface area contributed by atoms with E-state index in [2.05, 4.69) is 38.8 Å². The lowest BCUT2D eigenvalue weighted by Crippen LogP contribution is -2.18. The van der Waals surface area contributed by atoms with E-state index in [1.165, 1.54) is 4.88 Å². The van der Waals surface area contributed by atoms with E-state index in [-0.39, 0.29) is 6.04 Å². The lowest BCUT2D eigenvalue weighted by atomic mass is 10.1. The van der Waals surface area contributed by atoms with Crippen molar-refractivity contribution < 1.29 is 4.42 Å². The summed E-state index contributed by atoms with van der Waals surface area (Å²) in [5, 5.41) is 5.36. The molecule has 2 aromatic rings. The summed E-state index contributed by atoms with van der Waals surface area (Å²) in [6, 6.07) is 6.37. The second-order valence-corrected chi connectivity index (χ2v) is 5.14. The molecule has 2 aromatic heterocycles. The molecule has 2 rings (SSSR count). The molecule has 0 bridgehead atoms. The Kier molecular flexibility index (Phi) is 3.61. The molecular weight excluding hydrogens is 274 g/mol. The average Bonchev–Trinajstić information content (AvgIpc) is 2.85. The molecular formula is C11H12BrNOS. The number of hydrogen-bond acceptors (Lipinski definition) is 3. The third kappa shape index (κ3) is 2.51. The molecule has 0 saturated carbocycles. The van der Waals surface area contributed by atoms with Gasteiger partial charge < -0.3 is 9.73 Å². The maximum Gasteiger partial charge on any atom is 0.135 e. The van der Waals surface area contributed by atoms with Crippen LogP contribution in [0.4, 0.5) is 0 Å². The Labute approximate surface area is 101 Å². The van der Waals surface area contributed by atoms with Crippen LogP contribution < -0.4 is 5.32 Å². The van der Waals surface area contributed by atoms with Gasteiger partial charge in [0.2, 0.25) is 0 Å². The Balaban J connectivity index is 2.15. The number of halogens is 1. The maximum absolute atomic E-state index is 5.46. The first-order chi connectivity index (χ1) is 7.31. The van der Waals surface area contributed by atoms with Gasteiger partial charge in [0, 0.05) is 11.3 Å². The Bertz CT molecular complexity index is 410. The molecule has 0 spiro atoms. The van der Waals surface area contributed by atoms with Crippen LogP contribution in [0.3, 0.4) is 0 Å². The summed E-state index contributed by atoms with van der Waals surface area (Å²) in [6.07, 6.45) is 2.67. The van der Waals surface area contributed by atoms with Crippen molar-refractivity contribution in [3.8, 4) is 0 Å². The van der Waals surface area contributed by atoms with Crippen LogP contribution in [0.15, 0.2) is 38.7 Å². The van der Waals surface area contributed by atoms with Crippen LogP contribution in [-0.4, -0.2) is 7.05 Å². The monoisotopic (exact) mass is 285 g/mol. The molecule has 0 aliphatic rings. The van der Waals surface area contributed by atoms with E-state index in [0.717, 1.165) is 16.7 Å². The number of nitrogens with one attached hydrogen (secondary N) is 1. The van der Waals surface area contributed by atoms with Crippen LogP contribution >= 0.6 is 27.3 Å². The third-order valence-electron chi connectivity index (χ3n) is 2.30. The summed E-state index contributed by atoms with van der Waals surface area (Å²) >= 11 is 5.25. The summed E-state index contributed by atoms with van der Waals surface area (Å²) in [7, 11) is 1.95. The summed E-state index contributed by atoms with van der Waals surface area (Å²) in [6.45, 7) is 0. The molecule has 1 unspecified atom stereocenters. The molecule has 1 atom stereocenters. The Morgan fingerprint density at radius 1 is 1.53 bits per heavy atom. The Morgan fingerprint density at radius 2 is 2.40 bits per heavy atom. The average molecular weight is 286 g/mol. The van der Waals surface area contributed by atoms with Gasteiger partial charge in [0.1, 0.15) is 5.76 Å².